The number of halogens is 3. The van der Waals surface area contributed by atoms with E-state index in [0.717, 1.165) is 28.9 Å². The molecule has 1 heterocycles. The summed E-state index contributed by atoms with van der Waals surface area (Å²) in [6.07, 6.45) is -5.78. The topological polar surface area (TPSA) is 101 Å². The second-order valence-corrected chi connectivity index (χ2v) is 4.55. The number of carboxylic acids is 1. The summed E-state index contributed by atoms with van der Waals surface area (Å²) in [5.74, 6) is -1.42. The number of benzene rings is 1. The standard InChI is InChI=1S/C12H11F3N4O3/c1-6(20)9(11(21)22)19-10(16-17-18-19)7-2-4-8(5-3-7)12(13,14)15/h2-6,9,20H,1H3,(H,21,22). The Morgan fingerprint density at radius 2 is 1.86 bits per heavy atom. The first-order valence-corrected chi connectivity index (χ1v) is 6.08. The molecule has 1 aromatic heterocycles. The highest BCUT2D eigenvalue weighted by molar-refractivity contribution is 5.73. The Kier molecular flexibility index (Phi) is 4.13. The van der Waals surface area contributed by atoms with E-state index in [2.05, 4.69) is 15.5 Å². The fourth-order valence-electron chi connectivity index (χ4n) is 1.89. The zero-order valence-electron chi connectivity index (χ0n) is 11.2. The van der Waals surface area contributed by atoms with Gasteiger partial charge in [-0.05, 0) is 29.5 Å². The number of aliphatic hydroxyl groups excluding tert-OH is 1. The van der Waals surface area contributed by atoms with Gasteiger partial charge in [-0.25, -0.2) is 9.48 Å². The molecule has 0 spiro atoms. The molecule has 7 nitrogen and oxygen atoms in total. The number of rotatable bonds is 4. The van der Waals surface area contributed by atoms with Crippen LogP contribution < -0.4 is 0 Å². The molecule has 0 aliphatic heterocycles. The Morgan fingerprint density at radius 1 is 1.27 bits per heavy atom. The minimum Gasteiger partial charge on any atom is -0.480 e. The Bertz CT molecular complexity index is 667. The summed E-state index contributed by atoms with van der Waals surface area (Å²) < 4.78 is 38.4. The molecule has 2 unspecified atom stereocenters. The molecule has 2 N–H and O–H groups in total. The van der Waals surface area contributed by atoms with Crippen molar-refractivity contribution >= 4 is 5.97 Å². The van der Waals surface area contributed by atoms with Crippen LogP contribution >= 0.6 is 0 Å². The van der Waals surface area contributed by atoms with E-state index in [4.69, 9.17) is 5.11 Å². The Hall–Kier alpha value is -2.49. The summed E-state index contributed by atoms with van der Waals surface area (Å²) in [6.45, 7) is 1.25. The van der Waals surface area contributed by atoms with Crippen LogP contribution in [0.2, 0.25) is 0 Å². The first-order valence-electron chi connectivity index (χ1n) is 6.08. The molecule has 0 aliphatic rings. The fourth-order valence-corrected chi connectivity index (χ4v) is 1.89. The molecule has 22 heavy (non-hydrogen) atoms. The van der Waals surface area contributed by atoms with Crippen LogP contribution in [0.4, 0.5) is 13.2 Å². The van der Waals surface area contributed by atoms with Crippen molar-refractivity contribution in [3.05, 3.63) is 29.8 Å². The zero-order valence-corrected chi connectivity index (χ0v) is 11.2. The summed E-state index contributed by atoms with van der Waals surface area (Å²) in [7, 11) is 0. The van der Waals surface area contributed by atoms with E-state index < -0.39 is 29.9 Å². The second kappa shape index (κ2) is 5.72. The minimum atomic E-state index is -4.48. The molecule has 0 amide bonds. The minimum absolute atomic E-state index is 0.0537. The van der Waals surface area contributed by atoms with Gasteiger partial charge in [-0.3, -0.25) is 0 Å². The van der Waals surface area contributed by atoms with E-state index in [-0.39, 0.29) is 11.4 Å². The predicted molar refractivity (Wildman–Crippen MR) is 66.6 cm³/mol. The molecule has 0 fully saturated rings. The van der Waals surface area contributed by atoms with Gasteiger partial charge >= 0.3 is 12.1 Å². The number of aromatic nitrogens is 4. The average molecular weight is 316 g/mol. The van der Waals surface area contributed by atoms with E-state index in [1.165, 1.54) is 6.92 Å². The number of nitrogens with zero attached hydrogens (tertiary/aromatic N) is 4. The third-order valence-electron chi connectivity index (χ3n) is 2.94. The lowest BCUT2D eigenvalue weighted by Gasteiger charge is -2.16. The molecule has 0 saturated heterocycles. The van der Waals surface area contributed by atoms with Gasteiger partial charge in [0.2, 0.25) is 0 Å². The van der Waals surface area contributed by atoms with Gasteiger partial charge < -0.3 is 10.2 Å². The molecule has 0 saturated carbocycles. The van der Waals surface area contributed by atoms with Crippen LogP contribution in [0.15, 0.2) is 24.3 Å². The van der Waals surface area contributed by atoms with Gasteiger partial charge in [0.1, 0.15) is 0 Å². The Morgan fingerprint density at radius 3 is 2.32 bits per heavy atom. The summed E-state index contributed by atoms with van der Waals surface area (Å²) in [5, 5.41) is 29.1. The van der Waals surface area contributed by atoms with Crippen LogP contribution in [0, 0.1) is 0 Å². The molecular formula is C12H11F3N4O3. The van der Waals surface area contributed by atoms with Crippen molar-refractivity contribution in [2.24, 2.45) is 0 Å². The molecule has 2 rings (SSSR count). The maximum Gasteiger partial charge on any atom is 0.416 e. The van der Waals surface area contributed by atoms with E-state index in [9.17, 15) is 23.1 Å². The molecule has 118 valence electrons. The van der Waals surface area contributed by atoms with Crippen LogP contribution in [-0.2, 0) is 11.0 Å². The fraction of sp³-hybridized carbons (Fsp3) is 0.333. The van der Waals surface area contributed by atoms with Gasteiger partial charge in [0.25, 0.3) is 0 Å². The summed E-state index contributed by atoms with van der Waals surface area (Å²) in [5.41, 5.74) is -0.648. The highest BCUT2D eigenvalue weighted by Crippen LogP contribution is 2.31. The van der Waals surface area contributed by atoms with E-state index in [0.29, 0.717) is 0 Å². The average Bonchev–Trinajstić information content (AvgIpc) is 2.86. The number of aliphatic hydroxyl groups is 1. The van der Waals surface area contributed by atoms with E-state index in [1.807, 2.05) is 0 Å². The molecule has 0 radical (unpaired) electrons. The highest BCUT2D eigenvalue weighted by Gasteiger charge is 2.32. The van der Waals surface area contributed by atoms with Crippen molar-refractivity contribution in [1.29, 1.82) is 0 Å². The number of hydrogen-bond acceptors (Lipinski definition) is 5. The molecule has 0 bridgehead atoms. The molecule has 10 heteroatoms. The van der Waals surface area contributed by atoms with E-state index in [1.54, 1.807) is 0 Å². The largest absolute Gasteiger partial charge is 0.480 e. The third kappa shape index (κ3) is 3.06. The van der Waals surface area contributed by atoms with Crippen LogP contribution in [0.3, 0.4) is 0 Å². The zero-order chi connectivity index (χ0) is 16.5. The van der Waals surface area contributed by atoms with Crippen molar-refractivity contribution in [2.45, 2.75) is 25.2 Å². The van der Waals surface area contributed by atoms with Crippen molar-refractivity contribution in [3.63, 3.8) is 0 Å². The lowest BCUT2D eigenvalue weighted by Crippen LogP contribution is -2.30. The van der Waals surface area contributed by atoms with Crippen molar-refractivity contribution < 1.29 is 28.2 Å². The lowest BCUT2D eigenvalue weighted by molar-refractivity contribution is -0.144. The van der Waals surface area contributed by atoms with Crippen LogP contribution in [0.5, 0.6) is 0 Å². The second-order valence-electron chi connectivity index (χ2n) is 4.55. The SMILES string of the molecule is CC(O)C(C(=O)O)n1nnnc1-c1ccc(C(F)(F)F)cc1. The van der Waals surface area contributed by atoms with Crippen LogP contribution in [0.25, 0.3) is 11.4 Å². The van der Waals surface area contributed by atoms with Gasteiger partial charge in [-0.15, -0.1) is 5.10 Å². The first-order chi connectivity index (χ1) is 10.2. The predicted octanol–water partition coefficient (Wildman–Crippen LogP) is 1.37. The number of aliphatic carboxylic acids is 1. The van der Waals surface area contributed by atoms with Gasteiger partial charge in [0.15, 0.2) is 11.9 Å². The number of tetrazole rings is 1. The molecule has 2 atom stereocenters. The van der Waals surface area contributed by atoms with Crippen molar-refractivity contribution in [1.82, 2.24) is 20.2 Å². The van der Waals surface area contributed by atoms with Crippen LogP contribution in [-0.4, -0.2) is 42.5 Å². The number of carboxylic acid groups (broad SMARTS) is 1. The Balaban J connectivity index is 2.43. The van der Waals surface area contributed by atoms with Crippen LogP contribution in [0.1, 0.15) is 18.5 Å². The first kappa shape index (κ1) is 15.9. The highest BCUT2D eigenvalue weighted by atomic mass is 19.4. The maximum absolute atomic E-state index is 12.5. The van der Waals surface area contributed by atoms with Gasteiger partial charge in [-0.2, -0.15) is 13.2 Å². The maximum atomic E-state index is 12.5. The van der Waals surface area contributed by atoms with Crippen molar-refractivity contribution in [3.8, 4) is 11.4 Å². The van der Waals surface area contributed by atoms with Crippen molar-refractivity contribution in [2.75, 3.05) is 0 Å². The molecular weight excluding hydrogens is 305 g/mol. The monoisotopic (exact) mass is 316 g/mol. The quantitative estimate of drug-likeness (QED) is 0.883. The third-order valence-corrected chi connectivity index (χ3v) is 2.94. The summed E-state index contributed by atoms with van der Waals surface area (Å²) in [6, 6.07) is 2.49. The van der Waals surface area contributed by atoms with Gasteiger partial charge in [0.05, 0.1) is 11.7 Å². The number of alkyl halides is 3. The summed E-state index contributed by atoms with van der Waals surface area (Å²) >= 11 is 0. The van der Waals surface area contributed by atoms with E-state index >= 15 is 0 Å². The molecule has 0 aliphatic carbocycles. The van der Waals surface area contributed by atoms with Gasteiger partial charge in [0, 0.05) is 5.56 Å². The normalized spacial score (nSPS) is 14.6. The lowest BCUT2D eigenvalue weighted by atomic mass is 10.1. The smallest absolute Gasteiger partial charge is 0.416 e. The number of carbonyl (C=O) groups is 1. The number of hydrogen-bond donors (Lipinski definition) is 2. The Labute approximate surface area is 122 Å². The molecule has 1 aromatic carbocycles. The van der Waals surface area contributed by atoms with Gasteiger partial charge in [-0.1, -0.05) is 12.1 Å². The summed E-state index contributed by atoms with van der Waals surface area (Å²) in [4.78, 5) is 11.2. The molecule has 2 aromatic rings.